The molecule has 3 fully saturated rings. The van der Waals surface area contributed by atoms with Gasteiger partial charge in [-0.25, -0.2) is 4.79 Å². The summed E-state index contributed by atoms with van der Waals surface area (Å²) in [6.07, 6.45) is 3.37. The van der Waals surface area contributed by atoms with Gasteiger partial charge in [-0.05, 0) is 50.5 Å². The molecule has 4 nitrogen and oxygen atoms in total. The molecular formula is C20H28N2O2. The molecule has 2 aliphatic heterocycles. The van der Waals surface area contributed by atoms with Crippen molar-refractivity contribution in [2.45, 2.75) is 45.1 Å². The van der Waals surface area contributed by atoms with Gasteiger partial charge in [0.2, 0.25) is 0 Å². The third-order valence-electron chi connectivity index (χ3n) is 6.21. The molecule has 2 heterocycles. The largest absolute Gasteiger partial charge is 0.381 e. The van der Waals surface area contributed by atoms with Gasteiger partial charge in [-0.1, -0.05) is 29.8 Å². The van der Waals surface area contributed by atoms with Gasteiger partial charge in [0.25, 0.3) is 0 Å². The second-order valence-corrected chi connectivity index (χ2v) is 8.13. The van der Waals surface area contributed by atoms with Crippen LogP contribution < -0.4 is 5.32 Å². The molecule has 0 bridgehead atoms. The molecule has 0 radical (unpaired) electrons. The highest BCUT2D eigenvalue weighted by Gasteiger charge is 2.45. The Morgan fingerprint density at radius 1 is 1.42 bits per heavy atom. The molecule has 4 unspecified atom stereocenters. The summed E-state index contributed by atoms with van der Waals surface area (Å²) in [6, 6.07) is 9.12. The number of amides is 2. The minimum Gasteiger partial charge on any atom is -0.381 e. The summed E-state index contributed by atoms with van der Waals surface area (Å²) >= 11 is 0. The van der Waals surface area contributed by atoms with Gasteiger partial charge in [-0.15, -0.1) is 0 Å². The van der Waals surface area contributed by atoms with Gasteiger partial charge >= 0.3 is 6.03 Å². The average Bonchev–Trinajstić information content (AvgIpc) is 3.07. The van der Waals surface area contributed by atoms with Crippen molar-refractivity contribution in [3.63, 3.8) is 0 Å². The summed E-state index contributed by atoms with van der Waals surface area (Å²) in [7, 11) is 0. The van der Waals surface area contributed by atoms with Gasteiger partial charge in [0, 0.05) is 31.2 Å². The molecular weight excluding hydrogens is 300 g/mol. The first kappa shape index (κ1) is 15.9. The number of urea groups is 1. The lowest BCUT2D eigenvalue weighted by Crippen LogP contribution is -2.44. The lowest BCUT2D eigenvalue weighted by Gasteiger charge is -2.24. The zero-order valence-corrected chi connectivity index (χ0v) is 14.8. The predicted octanol–water partition coefficient (Wildman–Crippen LogP) is 3.31. The standard InChI is InChI=1S/C20H28N2O2/c1-14-4-3-5-16(10-14)18-11-17(18)15(2)21-19(23)22-8-6-20(12-22)7-9-24-13-20/h3-5,10,15,17-18H,6-9,11-13H2,1-2H3,(H,21,23). The SMILES string of the molecule is Cc1cccc(C2CC2C(C)NC(=O)N2CCC3(CCOC3)C2)c1. The molecule has 1 aromatic carbocycles. The van der Waals surface area contributed by atoms with E-state index in [-0.39, 0.29) is 17.5 Å². The van der Waals surface area contributed by atoms with Gasteiger partial charge in [0.05, 0.1) is 6.61 Å². The second-order valence-electron chi connectivity index (χ2n) is 8.13. The molecule has 4 atom stereocenters. The van der Waals surface area contributed by atoms with Crippen LogP contribution in [0.25, 0.3) is 0 Å². The smallest absolute Gasteiger partial charge is 0.317 e. The summed E-state index contributed by atoms with van der Waals surface area (Å²) in [5, 5.41) is 3.25. The highest BCUT2D eigenvalue weighted by molar-refractivity contribution is 5.75. The van der Waals surface area contributed by atoms with Crippen molar-refractivity contribution in [1.29, 1.82) is 0 Å². The maximum atomic E-state index is 12.6. The number of benzene rings is 1. The van der Waals surface area contributed by atoms with E-state index in [4.69, 9.17) is 4.74 Å². The minimum absolute atomic E-state index is 0.112. The zero-order valence-electron chi connectivity index (χ0n) is 14.8. The van der Waals surface area contributed by atoms with E-state index in [2.05, 4.69) is 43.4 Å². The molecule has 1 spiro atoms. The maximum absolute atomic E-state index is 12.6. The van der Waals surface area contributed by atoms with Gasteiger partial charge in [-0.3, -0.25) is 0 Å². The molecule has 130 valence electrons. The number of aryl methyl sites for hydroxylation is 1. The van der Waals surface area contributed by atoms with Crippen LogP contribution in [0.3, 0.4) is 0 Å². The summed E-state index contributed by atoms with van der Waals surface area (Å²) in [5.74, 6) is 1.18. The first-order chi connectivity index (χ1) is 11.6. The number of ether oxygens (including phenoxy) is 1. The van der Waals surface area contributed by atoms with Crippen LogP contribution >= 0.6 is 0 Å². The third-order valence-corrected chi connectivity index (χ3v) is 6.21. The Labute approximate surface area is 144 Å². The van der Waals surface area contributed by atoms with Crippen molar-refractivity contribution in [3.05, 3.63) is 35.4 Å². The summed E-state index contributed by atoms with van der Waals surface area (Å²) in [6.45, 7) is 7.70. The Morgan fingerprint density at radius 3 is 3.04 bits per heavy atom. The topological polar surface area (TPSA) is 41.6 Å². The van der Waals surface area contributed by atoms with Crippen molar-refractivity contribution in [2.75, 3.05) is 26.3 Å². The Hall–Kier alpha value is -1.55. The molecule has 24 heavy (non-hydrogen) atoms. The highest BCUT2D eigenvalue weighted by atomic mass is 16.5. The number of carbonyl (C=O) groups is 1. The van der Waals surface area contributed by atoms with Gasteiger partial charge in [0.1, 0.15) is 0 Å². The summed E-state index contributed by atoms with van der Waals surface area (Å²) in [5.41, 5.74) is 2.98. The van der Waals surface area contributed by atoms with Crippen molar-refractivity contribution >= 4 is 6.03 Å². The number of nitrogens with zero attached hydrogens (tertiary/aromatic N) is 1. The van der Waals surface area contributed by atoms with Crippen molar-refractivity contribution < 1.29 is 9.53 Å². The zero-order chi connectivity index (χ0) is 16.7. The second kappa shape index (κ2) is 6.07. The quantitative estimate of drug-likeness (QED) is 0.925. The molecule has 1 saturated carbocycles. The van der Waals surface area contributed by atoms with Crippen LogP contribution in [0.1, 0.15) is 43.2 Å². The van der Waals surface area contributed by atoms with Gasteiger partial charge in [0.15, 0.2) is 0 Å². The van der Waals surface area contributed by atoms with Crippen LogP contribution in [-0.2, 0) is 4.74 Å². The predicted molar refractivity (Wildman–Crippen MR) is 94.1 cm³/mol. The maximum Gasteiger partial charge on any atom is 0.317 e. The molecule has 1 aliphatic carbocycles. The number of nitrogens with one attached hydrogen (secondary N) is 1. The van der Waals surface area contributed by atoms with E-state index >= 15 is 0 Å². The van der Waals surface area contributed by atoms with E-state index in [0.717, 1.165) is 39.1 Å². The lowest BCUT2D eigenvalue weighted by molar-refractivity contribution is 0.152. The number of carbonyl (C=O) groups excluding carboxylic acids is 1. The average molecular weight is 328 g/mol. The first-order valence-corrected chi connectivity index (χ1v) is 9.26. The van der Waals surface area contributed by atoms with Crippen molar-refractivity contribution in [3.8, 4) is 0 Å². The number of likely N-dealkylation sites (tertiary alicyclic amines) is 1. The highest BCUT2D eigenvalue weighted by Crippen LogP contribution is 2.49. The fourth-order valence-corrected chi connectivity index (χ4v) is 4.52. The third kappa shape index (κ3) is 3.04. The minimum atomic E-state index is 0.112. The summed E-state index contributed by atoms with van der Waals surface area (Å²) < 4.78 is 5.55. The van der Waals surface area contributed by atoms with Crippen LogP contribution in [-0.4, -0.2) is 43.3 Å². The number of rotatable bonds is 3. The first-order valence-electron chi connectivity index (χ1n) is 9.26. The Morgan fingerprint density at radius 2 is 2.29 bits per heavy atom. The van der Waals surface area contributed by atoms with Crippen molar-refractivity contribution in [1.82, 2.24) is 10.2 Å². The molecule has 2 amide bonds. The van der Waals surface area contributed by atoms with Crippen LogP contribution in [0, 0.1) is 18.3 Å². The molecule has 2 saturated heterocycles. The van der Waals surface area contributed by atoms with Gasteiger partial charge in [-0.2, -0.15) is 0 Å². The van der Waals surface area contributed by atoms with E-state index in [1.54, 1.807) is 0 Å². The number of hydrogen-bond acceptors (Lipinski definition) is 2. The van der Waals surface area contributed by atoms with Crippen molar-refractivity contribution in [2.24, 2.45) is 11.3 Å². The fourth-order valence-electron chi connectivity index (χ4n) is 4.52. The van der Waals surface area contributed by atoms with Crippen LogP contribution in [0.15, 0.2) is 24.3 Å². The summed E-state index contributed by atoms with van der Waals surface area (Å²) in [4.78, 5) is 14.6. The fraction of sp³-hybridized carbons (Fsp3) is 0.650. The van der Waals surface area contributed by atoms with Crippen LogP contribution in [0.4, 0.5) is 4.79 Å². The number of hydrogen-bond donors (Lipinski definition) is 1. The Bertz CT molecular complexity index is 624. The molecule has 0 aromatic heterocycles. The van der Waals surface area contributed by atoms with E-state index < -0.39 is 0 Å². The monoisotopic (exact) mass is 328 g/mol. The van der Waals surface area contributed by atoms with Crippen LogP contribution in [0.5, 0.6) is 0 Å². The molecule has 4 heteroatoms. The lowest BCUT2D eigenvalue weighted by atomic mass is 9.87. The molecule has 3 aliphatic rings. The van der Waals surface area contributed by atoms with E-state index in [0.29, 0.717) is 11.8 Å². The Kier molecular flexibility index (Phi) is 4.03. The van der Waals surface area contributed by atoms with E-state index in [1.165, 1.54) is 17.5 Å². The molecule has 1 N–H and O–H groups in total. The van der Waals surface area contributed by atoms with E-state index in [1.807, 2.05) is 4.90 Å². The Balaban J connectivity index is 1.31. The molecule has 1 aromatic rings. The molecule has 4 rings (SSSR count). The van der Waals surface area contributed by atoms with E-state index in [9.17, 15) is 4.79 Å². The van der Waals surface area contributed by atoms with Crippen LogP contribution in [0.2, 0.25) is 0 Å². The normalized spacial score (nSPS) is 33.0. The van der Waals surface area contributed by atoms with Gasteiger partial charge < -0.3 is 15.0 Å².